The number of urea groups is 1. The zero-order chi connectivity index (χ0) is 24.1. The summed E-state index contributed by atoms with van der Waals surface area (Å²) < 4.78 is 0. The van der Waals surface area contributed by atoms with Gasteiger partial charge in [0.05, 0.1) is 6.54 Å². The van der Waals surface area contributed by atoms with Crippen molar-refractivity contribution in [2.75, 3.05) is 32.7 Å². The van der Waals surface area contributed by atoms with Gasteiger partial charge in [-0.1, -0.05) is 0 Å². The Labute approximate surface area is 192 Å². The Hall–Kier alpha value is -3.15. The minimum atomic E-state index is -0.250. The number of amides is 3. The van der Waals surface area contributed by atoms with Crippen molar-refractivity contribution >= 4 is 24.9 Å². The maximum atomic E-state index is 12.7. The average Bonchev–Trinajstić information content (AvgIpc) is 3.44. The van der Waals surface area contributed by atoms with Crippen LogP contribution in [0.4, 0.5) is 4.79 Å². The van der Waals surface area contributed by atoms with Crippen molar-refractivity contribution in [2.24, 2.45) is 0 Å². The minimum Gasteiger partial charge on any atom is -0.483 e. The highest BCUT2D eigenvalue weighted by Gasteiger charge is 2.29. The number of carbonyl (C=O) groups excluding carboxylic acids is 2. The molecule has 3 amide bonds. The predicted octanol–water partition coefficient (Wildman–Crippen LogP) is 0.443. The van der Waals surface area contributed by atoms with Crippen molar-refractivity contribution < 1.29 is 29.4 Å². The minimum absolute atomic E-state index is 0.0381. The third-order valence-electron chi connectivity index (χ3n) is 5.84. The first-order valence-electron chi connectivity index (χ1n) is 11.2. The highest BCUT2D eigenvalue weighted by molar-refractivity contribution is 5.78. The van der Waals surface area contributed by atoms with E-state index in [1.807, 2.05) is 11.1 Å². The fraction of sp³-hybridized carbons (Fsp3) is 0.667. The molecule has 1 saturated carbocycles. The molecule has 2 saturated heterocycles. The third-order valence-corrected chi connectivity index (χ3v) is 5.84. The summed E-state index contributed by atoms with van der Waals surface area (Å²) in [5, 5.41) is 20.0. The van der Waals surface area contributed by atoms with Crippen LogP contribution in [-0.2, 0) is 14.4 Å². The molecule has 3 fully saturated rings. The Morgan fingerprint density at radius 3 is 2.24 bits per heavy atom. The Morgan fingerprint density at radius 1 is 1.03 bits per heavy atom. The summed E-state index contributed by atoms with van der Waals surface area (Å²) in [6.07, 6.45) is 9.73. The first kappa shape index (κ1) is 26.1. The molecule has 184 valence electrons. The van der Waals surface area contributed by atoms with E-state index in [4.69, 9.17) is 19.8 Å². The van der Waals surface area contributed by atoms with E-state index in [-0.39, 0.29) is 30.9 Å². The van der Waals surface area contributed by atoms with Gasteiger partial charge in [0.1, 0.15) is 5.82 Å². The fourth-order valence-electron chi connectivity index (χ4n) is 4.09. The van der Waals surface area contributed by atoms with Crippen molar-refractivity contribution in [3.63, 3.8) is 0 Å². The SMILES string of the molecule is O=C(CN1CCC(NC(=O)N2CCCC(c3ncc[nH]3)C2)CC1)NC1CC1.O=CO.O=CO. The molecule has 33 heavy (non-hydrogen) atoms. The molecule has 1 atom stereocenters. The summed E-state index contributed by atoms with van der Waals surface area (Å²) in [5.41, 5.74) is 0. The number of nitrogens with zero attached hydrogens (tertiary/aromatic N) is 3. The maximum Gasteiger partial charge on any atom is 0.317 e. The van der Waals surface area contributed by atoms with Gasteiger partial charge in [0.2, 0.25) is 5.91 Å². The van der Waals surface area contributed by atoms with Crippen molar-refractivity contribution in [2.45, 2.75) is 56.5 Å². The first-order chi connectivity index (χ1) is 16.0. The van der Waals surface area contributed by atoms with Crippen LogP contribution in [-0.4, -0.2) is 99.7 Å². The molecule has 12 nitrogen and oxygen atoms in total. The number of carboxylic acid groups (broad SMARTS) is 2. The summed E-state index contributed by atoms with van der Waals surface area (Å²) in [5.74, 6) is 1.41. The van der Waals surface area contributed by atoms with E-state index in [0.29, 0.717) is 18.5 Å². The van der Waals surface area contributed by atoms with Crippen LogP contribution in [0.3, 0.4) is 0 Å². The Bertz CT molecular complexity index is 728. The predicted molar refractivity (Wildman–Crippen MR) is 119 cm³/mol. The Balaban J connectivity index is 0.000000582. The molecule has 1 aliphatic carbocycles. The summed E-state index contributed by atoms with van der Waals surface area (Å²) in [4.78, 5) is 53.0. The molecule has 3 aliphatic rings. The van der Waals surface area contributed by atoms with Gasteiger partial charge in [0.15, 0.2) is 0 Å². The van der Waals surface area contributed by atoms with E-state index in [9.17, 15) is 9.59 Å². The third kappa shape index (κ3) is 9.48. The molecular weight excluding hydrogens is 432 g/mol. The second kappa shape index (κ2) is 14.1. The molecule has 12 heteroatoms. The van der Waals surface area contributed by atoms with E-state index in [1.54, 1.807) is 6.20 Å². The van der Waals surface area contributed by atoms with Crippen LogP contribution >= 0.6 is 0 Å². The lowest BCUT2D eigenvalue weighted by Crippen LogP contribution is -2.52. The largest absolute Gasteiger partial charge is 0.483 e. The Morgan fingerprint density at radius 2 is 1.67 bits per heavy atom. The van der Waals surface area contributed by atoms with Gasteiger partial charge < -0.3 is 30.7 Å². The average molecular weight is 467 g/mol. The maximum absolute atomic E-state index is 12.7. The Kier molecular flexibility index (Phi) is 11.1. The topological polar surface area (TPSA) is 168 Å². The van der Waals surface area contributed by atoms with E-state index in [2.05, 4.69) is 25.5 Å². The normalized spacial score (nSPS) is 20.8. The molecule has 0 bridgehead atoms. The number of rotatable bonds is 5. The van der Waals surface area contributed by atoms with E-state index in [0.717, 1.165) is 70.5 Å². The van der Waals surface area contributed by atoms with E-state index < -0.39 is 0 Å². The van der Waals surface area contributed by atoms with Gasteiger partial charge in [-0.2, -0.15) is 0 Å². The number of piperidine rings is 2. The van der Waals surface area contributed by atoms with Crippen LogP contribution in [0.15, 0.2) is 12.4 Å². The second-order valence-corrected chi connectivity index (χ2v) is 8.31. The summed E-state index contributed by atoms with van der Waals surface area (Å²) in [6, 6.07) is 0.657. The van der Waals surface area contributed by atoms with Crippen LogP contribution in [0.2, 0.25) is 0 Å². The molecular formula is C21H34N6O6. The lowest BCUT2D eigenvalue weighted by Gasteiger charge is -2.36. The smallest absolute Gasteiger partial charge is 0.317 e. The second-order valence-electron chi connectivity index (χ2n) is 8.31. The van der Waals surface area contributed by atoms with Crippen molar-refractivity contribution in [3.05, 3.63) is 18.2 Å². The lowest BCUT2D eigenvalue weighted by atomic mass is 9.97. The number of hydrogen-bond acceptors (Lipinski definition) is 6. The summed E-state index contributed by atoms with van der Waals surface area (Å²) in [7, 11) is 0. The van der Waals surface area contributed by atoms with Gasteiger partial charge in [-0.05, 0) is 38.5 Å². The highest BCUT2D eigenvalue weighted by Crippen LogP contribution is 2.24. The van der Waals surface area contributed by atoms with Gasteiger partial charge >= 0.3 is 6.03 Å². The van der Waals surface area contributed by atoms with Crippen molar-refractivity contribution in [1.82, 2.24) is 30.4 Å². The van der Waals surface area contributed by atoms with Crippen LogP contribution in [0.5, 0.6) is 0 Å². The quantitative estimate of drug-likeness (QED) is 0.390. The number of imidazole rings is 1. The lowest BCUT2D eigenvalue weighted by molar-refractivity contribution is -0.123. The highest BCUT2D eigenvalue weighted by atomic mass is 16.3. The number of aromatic amines is 1. The van der Waals surface area contributed by atoms with Crippen LogP contribution in [0.25, 0.3) is 0 Å². The molecule has 1 aromatic heterocycles. The molecule has 1 aromatic rings. The summed E-state index contributed by atoms with van der Waals surface area (Å²) in [6.45, 7) is 3.23. The van der Waals surface area contributed by atoms with Gasteiger partial charge in [-0.25, -0.2) is 9.78 Å². The number of H-pyrrole nitrogens is 1. The monoisotopic (exact) mass is 466 g/mol. The van der Waals surface area contributed by atoms with Crippen LogP contribution in [0, 0.1) is 0 Å². The van der Waals surface area contributed by atoms with Crippen LogP contribution < -0.4 is 10.6 Å². The number of nitrogens with one attached hydrogen (secondary N) is 3. The molecule has 1 unspecified atom stereocenters. The zero-order valence-electron chi connectivity index (χ0n) is 18.7. The molecule has 3 heterocycles. The fourth-order valence-corrected chi connectivity index (χ4v) is 4.09. The molecule has 5 N–H and O–H groups in total. The van der Waals surface area contributed by atoms with E-state index in [1.165, 1.54) is 0 Å². The molecule has 0 radical (unpaired) electrons. The van der Waals surface area contributed by atoms with Gasteiger partial charge in [-0.15, -0.1) is 0 Å². The number of hydrogen-bond donors (Lipinski definition) is 5. The van der Waals surface area contributed by atoms with Crippen molar-refractivity contribution in [1.29, 1.82) is 0 Å². The standard InChI is InChI=1S/C19H30N6O2.2CH2O2/c26-17(22-15-3-4-15)13-24-10-5-16(6-11-24)23-19(27)25-9-1-2-14(12-25)18-20-7-8-21-18;2*2-1-3/h7-8,14-16H,1-6,9-13H2,(H,20,21)(H,22,26)(H,23,27);2*1H,(H,2,3). The molecule has 0 spiro atoms. The summed E-state index contributed by atoms with van der Waals surface area (Å²) >= 11 is 0. The van der Waals surface area contributed by atoms with Crippen LogP contribution in [0.1, 0.15) is 50.3 Å². The van der Waals surface area contributed by atoms with E-state index >= 15 is 0 Å². The molecule has 0 aromatic carbocycles. The molecule has 4 rings (SSSR count). The van der Waals surface area contributed by atoms with Gasteiger partial charge in [-0.3, -0.25) is 19.3 Å². The van der Waals surface area contributed by atoms with Crippen molar-refractivity contribution in [3.8, 4) is 0 Å². The van der Waals surface area contributed by atoms with Gasteiger partial charge in [0.25, 0.3) is 12.9 Å². The number of aromatic nitrogens is 2. The number of likely N-dealkylation sites (tertiary alicyclic amines) is 2. The first-order valence-corrected chi connectivity index (χ1v) is 11.2. The zero-order valence-corrected chi connectivity index (χ0v) is 18.7. The van der Waals surface area contributed by atoms with Gasteiger partial charge in [0, 0.05) is 56.6 Å². The molecule has 2 aliphatic heterocycles. The number of carbonyl (C=O) groups is 4.